The first-order valence-electron chi connectivity index (χ1n) is 5.37. The van der Waals surface area contributed by atoms with Crippen molar-refractivity contribution < 1.29 is 5.11 Å². The Hall–Kier alpha value is -0.0400. The normalized spacial score (nSPS) is 54.5. The van der Waals surface area contributed by atoms with Crippen LogP contribution in [0.15, 0.2) is 0 Å². The van der Waals surface area contributed by atoms with Gasteiger partial charge in [0.05, 0.1) is 5.60 Å². The fourth-order valence-corrected chi connectivity index (χ4v) is 4.12. The van der Waals surface area contributed by atoms with Crippen molar-refractivity contribution in [2.45, 2.75) is 51.0 Å². The highest BCUT2D eigenvalue weighted by Crippen LogP contribution is 2.70. The zero-order valence-electron chi connectivity index (χ0n) is 7.84. The van der Waals surface area contributed by atoms with Crippen LogP contribution in [0, 0.1) is 17.3 Å². The molecule has 0 radical (unpaired) electrons. The van der Waals surface area contributed by atoms with E-state index in [0.717, 1.165) is 12.3 Å². The lowest BCUT2D eigenvalue weighted by atomic mass is 9.88. The minimum atomic E-state index is -0.308. The van der Waals surface area contributed by atoms with Crippen molar-refractivity contribution in [1.29, 1.82) is 0 Å². The van der Waals surface area contributed by atoms with E-state index in [-0.39, 0.29) is 5.60 Å². The summed E-state index contributed by atoms with van der Waals surface area (Å²) in [4.78, 5) is 0. The Balaban J connectivity index is 1.96. The highest BCUT2D eigenvalue weighted by atomic mass is 16.3. The summed E-state index contributed by atoms with van der Waals surface area (Å²) in [5.74, 6) is 1.55. The van der Waals surface area contributed by atoms with Crippen LogP contribution in [-0.2, 0) is 0 Å². The molecular formula is C11H18O. The number of aliphatic hydroxyl groups is 1. The van der Waals surface area contributed by atoms with Gasteiger partial charge in [-0.3, -0.25) is 0 Å². The molecule has 0 aromatic carbocycles. The maximum Gasteiger partial charge on any atom is 0.0656 e. The van der Waals surface area contributed by atoms with Crippen LogP contribution < -0.4 is 0 Å². The van der Waals surface area contributed by atoms with Gasteiger partial charge in [0, 0.05) is 0 Å². The van der Waals surface area contributed by atoms with Crippen molar-refractivity contribution in [3.63, 3.8) is 0 Å². The first kappa shape index (κ1) is 7.37. The predicted octanol–water partition coefficient (Wildman–Crippen LogP) is 2.34. The van der Waals surface area contributed by atoms with Crippen molar-refractivity contribution in [1.82, 2.24) is 0 Å². The third-order valence-electron chi connectivity index (χ3n) is 4.70. The van der Waals surface area contributed by atoms with Gasteiger partial charge in [0.1, 0.15) is 0 Å². The summed E-state index contributed by atoms with van der Waals surface area (Å²) in [6.45, 7) is 2.07. The summed E-state index contributed by atoms with van der Waals surface area (Å²) in [6, 6.07) is 0. The average molecular weight is 166 g/mol. The fourth-order valence-electron chi connectivity index (χ4n) is 4.12. The highest BCUT2D eigenvalue weighted by molar-refractivity contribution is 5.14. The molecule has 3 atom stereocenters. The molecule has 1 spiro atoms. The molecule has 0 bridgehead atoms. The zero-order chi connectivity index (χ0) is 8.40. The van der Waals surface area contributed by atoms with E-state index in [1.165, 1.54) is 32.1 Å². The van der Waals surface area contributed by atoms with Crippen LogP contribution in [0.25, 0.3) is 0 Å². The molecule has 68 valence electrons. The molecular weight excluding hydrogens is 148 g/mol. The largest absolute Gasteiger partial charge is 0.390 e. The lowest BCUT2D eigenvalue weighted by molar-refractivity contribution is 0.0154. The van der Waals surface area contributed by atoms with Crippen LogP contribution in [-0.4, -0.2) is 10.7 Å². The summed E-state index contributed by atoms with van der Waals surface area (Å²) < 4.78 is 0. The first-order valence-corrected chi connectivity index (χ1v) is 5.37. The van der Waals surface area contributed by atoms with E-state index in [0.29, 0.717) is 11.3 Å². The van der Waals surface area contributed by atoms with Crippen molar-refractivity contribution in [2.75, 3.05) is 0 Å². The van der Waals surface area contributed by atoms with Crippen molar-refractivity contribution in [2.24, 2.45) is 17.3 Å². The number of hydrogen-bond donors (Lipinski definition) is 1. The zero-order valence-corrected chi connectivity index (χ0v) is 7.84. The second kappa shape index (κ2) is 1.89. The predicted molar refractivity (Wildman–Crippen MR) is 47.7 cm³/mol. The lowest BCUT2D eigenvalue weighted by Crippen LogP contribution is -2.29. The molecule has 0 aliphatic heterocycles. The first-order chi connectivity index (χ1) is 5.64. The molecule has 1 N–H and O–H groups in total. The molecule has 3 rings (SSSR count). The Kier molecular flexibility index (Phi) is 1.16. The molecule has 3 fully saturated rings. The molecule has 0 heterocycles. The van der Waals surface area contributed by atoms with Gasteiger partial charge in [0.25, 0.3) is 0 Å². The third-order valence-corrected chi connectivity index (χ3v) is 4.70. The Bertz CT molecular complexity index is 205. The third kappa shape index (κ3) is 0.736. The van der Waals surface area contributed by atoms with Crippen LogP contribution in [0.2, 0.25) is 0 Å². The van der Waals surface area contributed by atoms with Gasteiger partial charge >= 0.3 is 0 Å². The smallest absolute Gasteiger partial charge is 0.0656 e. The molecule has 1 unspecified atom stereocenters. The van der Waals surface area contributed by atoms with Crippen LogP contribution in [0.4, 0.5) is 0 Å². The second-order valence-electron chi connectivity index (χ2n) is 5.54. The molecule has 0 saturated heterocycles. The molecule has 3 aliphatic carbocycles. The SMILES string of the molecule is CC1(O)CC2(CC2)[C@H]2CCC[C@H]21. The summed E-state index contributed by atoms with van der Waals surface area (Å²) in [5.41, 5.74) is 0.322. The van der Waals surface area contributed by atoms with Crippen molar-refractivity contribution in [3.05, 3.63) is 0 Å². The molecule has 1 nitrogen and oxygen atoms in total. The Morgan fingerprint density at radius 1 is 1.17 bits per heavy atom. The quantitative estimate of drug-likeness (QED) is 0.585. The van der Waals surface area contributed by atoms with Gasteiger partial charge < -0.3 is 5.11 Å². The average Bonchev–Trinajstić information content (AvgIpc) is 2.54. The van der Waals surface area contributed by atoms with Crippen LogP contribution in [0.1, 0.15) is 45.4 Å². The van der Waals surface area contributed by atoms with E-state index in [4.69, 9.17) is 0 Å². The highest BCUT2D eigenvalue weighted by Gasteiger charge is 2.64. The number of rotatable bonds is 0. The number of hydrogen-bond acceptors (Lipinski definition) is 1. The van der Waals surface area contributed by atoms with Crippen molar-refractivity contribution in [3.8, 4) is 0 Å². The fraction of sp³-hybridized carbons (Fsp3) is 1.00. The van der Waals surface area contributed by atoms with E-state index < -0.39 is 0 Å². The topological polar surface area (TPSA) is 20.2 Å². The summed E-state index contributed by atoms with van der Waals surface area (Å²) in [6.07, 6.45) is 7.98. The van der Waals surface area contributed by atoms with E-state index in [9.17, 15) is 5.11 Å². The Labute approximate surface area is 74.2 Å². The molecule has 0 amide bonds. The van der Waals surface area contributed by atoms with Gasteiger partial charge in [-0.2, -0.15) is 0 Å². The Morgan fingerprint density at radius 2 is 1.83 bits per heavy atom. The summed E-state index contributed by atoms with van der Waals surface area (Å²) >= 11 is 0. The Morgan fingerprint density at radius 3 is 2.50 bits per heavy atom. The molecule has 0 aromatic rings. The molecule has 12 heavy (non-hydrogen) atoms. The molecule has 1 heteroatoms. The van der Waals surface area contributed by atoms with Gasteiger partial charge in [-0.05, 0) is 56.3 Å². The van der Waals surface area contributed by atoms with Gasteiger partial charge in [0.2, 0.25) is 0 Å². The summed E-state index contributed by atoms with van der Waals surface area (Å²) in [7, 11) is 0. The van der Waals surface area contributed by atoms with Gasteiger partial charge in [-0.1, -0.05) is 6.42 Å². The second-order valence-corrected chi connectivity index (χ2v) is 5.54. The van der Waals surface area contributed by atoms with Crippen LogP contribution in [0.5, 0.6) is 0 Å². The molecule has 3 saturated carbocycles. The minimum Gasteiger partial charge on any atom is -0.390 e. The molecule has 0 aromatic heterocycles. The van der Waals surface area contributed by atoms with Crippen LogP contribution in [0.3, 0.4) is 0 Å². The van der Waals surface area contributed by atoms with Gasteiger partial charge in [-0.15, -0.1) is 0 Å². The minimum absolute atomic E-state index is 0.308. The standard InChI is InChI=1S/C11H18O/c1-10(12)7-11(5-6-11)9-4-2-3-8(9)10/h8-9,12H,2-7H2,1H3/t8-,9+,10?/m1/s1. The molecule has 3 aliphatic rings. The maximum atomic E-state index is 10.2. The monoisotopic (exact) mass is 166 g/mol. The maximum absolute atomic E-state index is 10.2. The van der Waals surface area contributed by atoms with Gasteiger partial charge in [-0.25, -0.2) is 0 Å². The van der Waals surface area contributed by atoms with Crippen LogP contribution >= 0.6 is 0 Å². The van der Waals surface area contributed by atoms with E-state index in [1.807, 2.05) is 0 Å². The summed E-state index contributed by atoms with van der Waals surface area (Å²) in [5, 5.41) is 10.2. The van der Waals surface area contributed by atoms with Gasteiger partial charge in [0.15, 0.2) is 0 Å². The van der Waals surface area contributed by atoms with E-state index in [2.05, 4.69) is 6.92 Å². The van der Waals surface area contributed by atoms with E-state index in [1.54, 1.807) is 0 Å². The van der Waals surface area contributed by atoms with E-state index >= 15 is 0 Å². The van der Waals surface area contributed by atoms with Crippen molar-refractivity contribution >= 4 is 0 Å². The number of fused-ring (bicyclic) bond motifs is 2. The lowest BCUT2D eigenvalue weighted by Gasteiger charge is -2.24.